The smallest absolute Gasteiger partial charge is 0.225 e. The molecule has 1 heterocycles. The highest BCUT2D eigenvalue weighted by Gasteiger charge is 2.23. The molecular weight excluding hydrogens is 292 g/mol. The van der Waals surface area contributed by atoms with Gasteiger partial charge in [0.1, 0.15) is 0 Å². The number of carbonyl (C=O) groups is 1. The zero-order chi connectivity index (χ0) is 13.0. The molecule has 18 heavy (non-hydrogen) atoms. The molecule has 1 aromatic rings. The lowest BCUT2D eigenvalue weighted by molar-refractivity contribution is -0.135. The summed E-state index contributed by atoms with van der Waals surface area (Å²) in [6, 6.07) is 8.06. The molecule has 0 spiro atoms. The second-order valence-corrected chi connectivity index (χ2v) is 5.66. The average molecular weight is 311 g/mol. The van der Waals surface area contributed by atoms with Gasteiger partial charge in [-0.1, -0.05) is 34.1 Å². The van der Waals surface area contributed by atoms with Crippen molar-refractivity contribution in [3.05, 3.63) is 34.3 Å². The molecule has 1 amide bonds. The van der Waals surface area contributed by atoms with E-state index in [1.165, 1.54) is 0 Å². The van der Waals surface area contributed by atoms with Gasteiger partial charge in [-0.3, -0.25) is 4.79 Å². The quantitative estimate of drug-likeness (QED) is 0.930. The molecule has 3 nitrogen and oxygen atoms in total. The molecule has 0 saturated carbocycles. The number of amides is 1. The summed E-state index contributed by atoms with van der Waals surface area (Å²) in [7, 11) is 1.89. The molecular formula is C14H19BrN2O. The van der Waals surface area contributed by atoms with Crippen molar-refractivity contribution in [1.82, 2.24) is 10.2 Å². The molecule has 4 heteroatoms. The third-order valence-electron chi connectivity index (χ3n) is 3.43. The van der Waals surface area contributed by atoms with Gasteiger partial charge in [0.05, 0.1) is 0 Å². The Morgan fingerprint density at radius 2 is 2.06 bits per heavy atom. The lowest BCUT2D eigenvalue weighted by atomic mass is 9.96. The molecule has 1 aliphatic heterocycles. The Kier molecular flexibility index (Phi) is 4.78. The van der Waals surface area contributed by atoms with Crippen molar-refractivity contribution >= 4 is 21.8 Å². The molecule has 0 atom stereocenters. The number of hydrogen-bond acceptors (Lipinski definition) is 2. The number of halogens is 1. The summed E-state index contributed by atoms with van der Waals surface area (Å²) < 4.78 is 1.06. The number of carbonyl (C=O) groups excluding carboxylic acids is 1. The fourth-order valence-electron chi connectivity index (χ4n) is 2.34. The van der Waals surface area contributed by atoms with Gasteiger partial charge in [-0.15, -0.1) is 0 Å². The highest BCUT2D eigenvalue weighted by atomic mass is 79.9. The van der Waals surface area contributed by atoms with Gasteiger partial charge >= 0.3 is 0 Å². The van der Waals surface area contributed by atoms with E-state index < -0.39 is 0 Å². The van der Waals surface area contributed by atoms with Gasteiger partial charge in [0, 0.05) is 24.0 Å². The minimum atomic E-state index is 0.193. The van der Waals surface area contributed by atoms with E-state index in [-0.39, 0.29) is 11.8 Å². The highest BCUT2D eigenvalue weighted by Crippen LogP contribution is 2.20. The van der Waals surface area contributed by atoms with Crippen LogP contribution in [0, 0.1) is 5.92 Å². The van der Waals surface area contributed by atoms with Gasteiger partial charge in [-0.2, -0.15) is 0 Å². The van der Waals surface area contributed by atoms with Crippen molar-refractivity contribution in [2.45, 2.75) is 19.4 Å². The Hall–Kier alpha value is -0.870. The molecule has 1 N–H and O–H groups in total. The van der Waals surface area contributed by atoms with Crippen molar-refractivity contribution in [3.63, 3.8) is 0 Å². The minimum absolute atomic E-state index is 0.193. The van der Waals surface area contributed by atoms with E-state index in [2.05, 4.69) is 27.3 Å². The van der Waals surface area contributed by atoms with Crippen molar-refractivity contribution in [3.8, 4) is 0 Å². The van der Waals surface area contributed by atoms with Crippen LogP contribution in [0.25, 0.3) is 0 Å². The summed E-state index contributed by atoms with van der Waals surface area (Å²) in [5.74, 6) is 0.464. The molecule has 0 radical (unpaired) electrons. The molecule has 0 unspecified atom stereocenters. The first-order valence-corrected chi connectivity index (χ1v) is 7.17. The molecule has 1 fully saturated rings. The van der Waals surface area contributed by atoms with E-state index in [1.807, 2.05) is 30.1 Å². The van der Waals surface area contributed by atoms with E-state index in [0.717, 1.165) is 36.0 Å². The lowest BCUT2D eigenvalue weighted by Crippen LogP contribution is -2.38. The first-order valence-electron chi connectivity index (χ1n) is 6.37. The van der Waals surface area contributed by atoms with E-state index in [0.29, 0.717) is 6.54 Å². The van der Waals surface area contributed by atoms with E-state index in [4.69, 9.17) is 0 Å². The van der Waals surface area contributed by atoms with Gasteiger partial charge in [-0.25, -0.2) is 0 Å². The van der Waals surface area contributed by atoms with E-state index in [9.17, 15) is 4.79 Å². The Morgan fingerprint density at radius 1 is 1.39 bits per heavy atom. The summed E-state index contributed by atoms with van der Waals surface area (Å²) in [5, 5.41) is 3.29. The zero-order valence-corrected chi connectivity index (χ0v) is 12.2. The van der Waals surface area contributed by atoms with Crippen LogP contribution in [0.2, 0.25) is 0 Å². The average Bonchev–Trinajstić information content (AvgIpc) is 2.41. The molecule has 2 rings (SSSR count). The second kappa shape index (κ2) is 6.34. The SMILES string of the molecule is CN(Cc1ccccc1Br)C(=O)C1CCNCC1. The number of nitrogens with one attached hydrogen (secondary N) is 1. The molecule has 1 aliphatic rings. The summed E-state index contributed by atoms with van der Waals surface area (Å²) in [5.41, 5.74) is 1.15. The number of rotatable bonds is 3. The van der Waals surface area contributed by atoms with Crippen LogP contribution in [0.5, 0.6) is 0 Å². The third kappa shape index (κ3) is 3.33. The Labute approximate surface area is 117 Å². The standard InChI is InChI=1S/C14H19BrN2O/c1-17(10-12-4-2-3-5-13(12)15)14(18)11-6-8-16-9-7-11/h2-5,11,16H,6-10H2,1H3. The zero-order valence-electron chi connectivity index (χ0n) is 10.7. The van der Waals surface area contributed by atoms with E-state index >= 15 is 0 Å². The molecule has 1 saturated heterocycles. The van der Waals surface area contributed by atoms with Gasteiger partial charge < -0.3 is 10.2 Å². The number of nitrogens with zero attached hydrogens (tertiary/aromatic N) is 1. The van der Waals surface area contributed by atoms with Gasteiger partial charge in [0.15, 0.2) is 0 Å². The predicted molar refractivity (Wildman–Crippen MR) is 76.2 cm³/mol. The Balaban J connectivity index is 1.96. The maximum absolute atomic E-state index is 12.3. The highest BCUT2D eigenvalue weighted by molar-refractivity contribution is 9.10. The molecule has 0 aliphatic carbocycles. The van der Waals surface area contributed by atoms with Crippen LogP contribution < -0.4 is 5.32 Å². The predicted octanol–water partition coefficient (Wildman–Crippen LogP) is 2.41. The maximum Gasteiger partial charge on any atom is 0.225 e. The number of piperidine rings is 1. The Bertz CT molecular complexity index is 416. The second-order valence-electron chi connectivity index (χ2n) is 4.81. The van der Waals surface area contributed by atoms with Gasteiger partial charge in [0.25, 0.3) is 0 Å². The topological polar surface area (TPSA) is 32.3 Å². The van der Waals surface area contributed by atoms with E-state index in [1.54, 1.807) is 0 Å². The molecule has 1 aromatic carbocycles. The third-order valence-corrected chi connectivity index (χ3v) is 4.20. The largest absolute Gasteiger partial charge is 0.341 e. The summed E-state index contributed by atoms with van der Waals surface area (Å²) >= 11 is 3.52. The summed E-state index contributed by atoms with van der Waals surface area (Å²) in [4.78, 5) is 14.1. The number of benzene rings is 1. The first-order chi connectivity index (χ1) is 8.68. The van der Waals surface area contributed by atoms with Crippen molar-refractivity contribution in [2.75, 3.05) is 20.1 Å². The van der Waals surface area contributed by atoms with Crippen LogP contribution in [-0.4, -0.2) is 30.9 Å². The van der Waals surface area contributed by atoms with Crippen molar-refractivity contribution < 1.29 is 4.79 Å². The lowest BCUT2D eigenvalue weighted by Gasteiger charge is -2.27. The minimum Gasteiger partial charge on any atom is -0.341 e. The fraction of sp³-hybridized carbons (Fsp3) is 0.500. The maximum atomic E-state index is 12.3. The van der Waals surface area contributed by atoms with Crippen LogP contribution in [-0.2, 0) is 11.3 Å². The normalized spacial score (nSPS) is 16.6. The Morgan fingerprint density at radius 3 is 2.72 bits per heavy atom. The van der Waals surface area contributed by atoms with Crippen LogP contribution in [0.4, 0.5) is 0 Å². The number of hydrogen-bond donors (Lipinski definition) is 1. The first kappa shape index (κ1) is 13.6. The molecule has 0 bridgehead atoms. The molecule has 98 valence electrons. The van der Waals surface area contributed by atoms with Gasteiger partial charge in [-0.05, 0) is 37.6 Å². The van der Waals surface area contributed by atoms with Crippen LogP contribution >= 0.6 is 15.9 Å². The van der Waals surface area contributed by atoms with Crippen LogP contribution in [0.1, 0.15) is 18.4 Å². The summed E-state index contributed by atoms with van der Waals surface area (Å²) in [6.07, 6.45) is 1.91. The van der Waals surface area contributed by atoms with Crippen molar-refractivity contribution in [2.24, 2.45) is 5.92 Å². The van der Waals surface area contributed by atoms with Gasteiger partial charge in [0.2, 0.25) is 5.91 Å². The van der Waals surface area contributed by atoms with Crippen molar-refractivity contribution in [1.29, 1.82) is 0 Å². The fourth-order valence-corrected chi connectivity index (χ4v) is 2.75. The van der Waals surface area contributed by atoms with Crippen LogP contribution in [0.3, 0.4) is 0 Å². The van der Waals surface area contributed by atoms with Crippen LogP contribution in [0.15, 0.2) is 28.7 Å². The summed E-state index contributed by atoms with van der Waals surface area (Å²) in [6.45, 7) is 2.59. The molecule has 0 aromatic heterocycles. The monoisotopic (exact) mass is 310 g/mol.